The number of nitrogens with one attached hydrogen (secondary N) is 2. The SMILES string of the molecule is Cc1cc(C)cc(-c2[nH]c3ccc(C(C)(C)C(=O)N4C5CCC4CC5)cc3c2CCNCCCCc2ccccn2)c1. The number of rotatable bonds is 11. The lowest BCUT2D eigenvalue weighted by atomic mass is 9.82. The summed E-state index contributed by atoms with van der Waals surface area (Å²) in [6.07, 6.45) is 10.8. The van der Waals surface area contributed by atoms with E-state index in [4.69, 9.17) is 0 Å². The van der Waals surface area contributed by atoms with E-state index in [9.17, 15) is 4.79 Å². The van der Waals surface area contributed by atoms with Crippen LogP contribution in [0.2, 0.25) is 0 Å². The lowest BCUT2D eigenvalue weighted by Crippen LogP contribution is -2.45. The summed E-state index contributed by atoms with van der Waals surface area (Å²) in [6.45, 7) is 10.5. The molecule has 2 fully saturated rings. The fourth-order valence-electron chi connectivity index (χ4n) is 7.39. The van der Waals surface area contributed by atoms with Crippen molar-refractivity contribution < 1.29 is 4.79 Å². The van der Waals surface area contributed by atoms with Crippen molar-refractivity contribution in [3.05, 3.63) is 88.7 Å². The Labute approximate surface area is 251 Å². The van der Waals surface area contributed by atoms with Crippen LogP contribution < -0.4 is 5.32 Å². The van der Waals surface area contributed by atoms with Crippen LogP contribution in [0.1, 0.15) is 80.3 Å². The number of fused-ring (bicyclic) bond motifs is 3. The Morgan fingerprint density at radius 3 is 2.36 bits per heavy atom. The average Bonchev–Trinajstić information content (AvgIpc) is 3.69. The molecule has 2 aliphatic rings. The normalized spacial score (nSPS) is 18.3. The summed E-state index contributed by atoms with van der Waals surface area (Å²) < 4.78 is 0. The minimum Gasteiger partial charge on any atom is -0.354 e. The molecule has 5 nitrogen and oxygen atoms in total. The van der Waals surface area contributed by atoms with Crippen LogP contribution in [-0.2, 0) is 23.1 Å². The first-order chi connectivity index (χ1) is 20.3. The molecule has 0 saturated carbocycles. The van der Waals surface area contributed by atoms with Gasteiger partial charge in [-0.25, -0.2) is 0 Å². The Morgan fingerprint density at radius 1 is 0.929 bits per heavy atom. The summed E-state index contributed by atoms with van der Waals surface area (Å²) in [5.74, 6) is 0.297. The molecule has 0 unspecified atom stereocenters. The smallest absolute Gasteiger partial charge is 0.233 e. The first-order valence-electron chi connectivity index (χ1n) is 16.0. The third-order valence-electron chi connectivity index (χ3n) is 9.67. The van der Waals surface area contributed by atoms with Gasteiger partial charge in [-0.2, -0.15) is 0 Å². The Hall–Kier alpha value is -3.44. The molecule has 220 valence electrons. The summed E-state index contributed by atoms with van der Waals surface area (Å²) in [4.78, 5) is 24.4. The third kappa shape index (κ3) is 5.76. The molecule has 4 heterocycles. The van der Waals surface area contributed by atoms with Crippen molar-refractivity contribution in [2.24, 2.45) is 0 Å². The van der Waals surface area contributed by atoms with Gasteiger partial charge >= 0.3 is 0 Å². The number of H-pyrrole nitrogens is 1. The molecule has 2 N–H and O–H groups in total. The number of hydrogen-bond donors (Lipinski definition) is 2. The van der Waals surface area contributed by atoms with E-state index in [0.29, 0.717) is 18.0 Å². The van der Waals surface area contributed by atoms with Crippen molar-refractivity contribution in [1.82, 2.24) is 20.2 Å². The van der Waals surface area contributed by atoms with Crippen molar-refractivity contribution in [2.45, 2.75) is 96.6 Å². The average molecular weight is 563 g/mol. The summed E-state index contributed by atoms with van der Waals surface area (Å²) in [5, 5.41) is 4.94. The maximum Gasteiger partial charge on any atom is 0.233 e. The fourth-order valence-corrected chi connectivity index (χ4v) is 7.39. The monoisotopic (exact) mass is 562 g/mol. The molecule has 0 atom stereocenters. The molecule has 5 heteroatoms. The molecule has 2 aromatic heterocycles. The zero-order valence-corrected chi connectivity index (χ0v) is 25.8. The summed E-state index contributed by atoms with van der Waals surface area (Å²) in [5.41, 5.74) is 9.18. The lowest BCUT2D eigenvalue weighted by Gasteiger charge is -2.33. The molecule has 0 spiro atoms. The number of aromatic nitrogens is 2. The van der Waals surface area contributed by atoms with E-state index in [1.54, 1.807) is 0 Å². The Bertz CT molecular complexity index is 1510. The van der Waals surface area contributed by atoms with E-state index in [1.807, 2.05) is 12.3 Å². The molecule has 2 bridgehead atoms. The molecule has 4 aromatic rings. The molecule has 42 heavy (non-hydrogen) atoms. The molecule has 0 aliphatic carbocycles. The van der Waals surface area contributed by atoms with Crippen LogP contribution in [0.3, 0.4) is 0 Å². The summed E-state index contributed by atoms with van der Waals surface area (Å²) >= 11 is 0. The van der Waals surface area contributed by atoms with Gasteiger partial charge < -0.3 is 15.2 Å². The van der Waals surface area contributed by atoms with Crippen molar-refractivity contribution in [3.8, 4) is 11.3 Å². The number of pyridine rings is 1. The van der Waals surface area contributed by atoms with Gasteiger partial charge in [0.15, 0.2) is 0 Å². The number of benzene rings is 2. The molecule has 2 saturated heterocycles. The van der Waals surface area contributed by atoms with Gasteiger partial charge in [0.05, 0.1) is 5.41 Å². The van der Waals surface area contributed by atoms with Crippen LogP contribution in [-0.4, -0.2) is 45.9 Å². The van der Waals surface area contributed by atoms with Crippen LogP contribution in [0.15, 0.2) is 60.8 Å². The summed E-state index contributed by atoms with van der Waals surface area (Å²) in [7, 11) is 0. The molecule has 2 aromatic carbocycles. The van der Waals surface area contributed by atoms with Gasteiger partial charge in [-0.15, -0.1) is 0 Å². The number of aromatic amines is 1. The highest BCUT2D eigenvalue weighted by atomic mass is 16.2. The van der Waals surface area contributed by atoms with Crippen LogP contribution in [0, 0.1) is 13.8 Å². The number of carbonyl (C=O) groups is 1. The maximum absolute atomic E-state index is 13.9. The van der Waals surface area contributed by atoms with E-state index in [-0.39, 0.29) is 0 Å². The van der Waals surface area contributed by atoms with Crippen molar-refractivity contribution in [2.75, 3.05) is 13.1 Å². The zero-order chi connectivity index (χ0) is 29.3. The molecule has 2 aliphatic heterocycles. The molecular formula is C37H46N4O. The minimum absolute atomic E-state index is 0.297. The topological polar surface area (TPSA) is 61.0 Å². The molecular weight excluding hydrogens is 516 g/mol. The van der Waals surface area contributed by atoms with E-state index in [2.05, 4.69) is 96.4 Å². The van der Waals surface area contributed by atoms with Gasteiger partial charge in [-0.3, -0.25) is 9.78 Å². The first-order valence-corrected chi connectivity index (χ1v) is 16.0. The highest BCUT2D eigenvalue weighted by molar-refractivity contribution is 5.94. The van der Waals surface area contributed by atoms with Gasteiger partial charge in [0.1, 0.15) is 0 Å². The quantitative estimate of drug-likeness (QED) is 0.187. The highest BCUT2D eigenvalue weighted by Gasteiger charge is 2.46. The van der Waals surface area contributed by atoms with E-state index < -0.39 is 5.41 Å². The molecule has 1 amide bonds. The third-order valence-corrected chi connectivity index (χ3v) is 9.67. The largest absolute Gasteiger partial charge is 0.354 e. The predicted octanol–water partition coefficient (Wildman–Crippen LogP) is 7.43. The summed E-state index contributed by atoms with van der Waals surface area (Å²) in [6, 6.07) is 20.5. The zero-order valence-electron chi connectivity index (χ0n) is 25.8. The highest BCUT2D eigenvalue weighted by Crippen LogP contribution is 2.42. The van der Waals surface area contributed by atoms with Crippen LogP contribution >= 0.6 is 0 Å². The standard InChI is InChI=1S/C37H46N4O/c1-25-21-26(2)23-27(22-25)35-32(17-20-38-18-7-5-9-29-10-6-8-19-39-29)33-24-28(11-16-34(33)40-35)37(3,4)36(42)41-30-12-13-31(41)15-14-30/h6,8,10-11,16,19,21-24,30-31,38,40H,5,7,9,12-15,17-18,20H2,1-4H3. The maximum atomic E-state index is 13.9. The Morgan fingerprint density at radius 2 is 1.67 bits per heavy atom. The van der Waals surface area contributed by atoms with Gasteiger partial charge in [-0.05, 0) is 145 Å². The predicted molar refractivity (Wildman–Crippen MR) is 173 cm³/mol. The number of unbranched alkanes of at least 4 members (excludes halogenated alkanes) is 1. The van der Waals surface area contributed by atoms with Crippen LogP contribution in [0.5, 0.6) is 0 Å². The first kappa shape index (κ1) is 28.7. The van der Waals surface area contributed by atoms with E-state index in [1.165, 1.54) is 64.7 Å². The second kappa shape index (κ2) is 12.0. The van der Waals surface area contributed by atoms with E-state index >= 15 is 0 Å². The Kier molecular flexibility index (Phi) is 8.22. The van der Waals surface area contributed by atoms with Gasteiger partial charge in [0.2, 0.25) is 5.91 Å². The van der Waals surface area contributed by atoms with Crippen molar-refractivity contribution in [1.29, 1.82) is 0 Å². The Balaban J connectivity index is 1.23. The number of hydrogen-bond acceptors (Lipinski definition) is 3. The lowest BCUT2D eigenvalue weighted by molar-refractivity contribution is -0.137. The number of carbonyl (C=O) groups excluding carboxylic acids is 1. The van der Waals surface area contributed by atoms with Crippen LogP contribution in [0.25, 0.3) is 22.2 Å². The fraction of sp³-hybridized carbons (Fsp3) is 0.459. The number of amides is 1. The van der Waals surface area contributed by atoms with E-state index in [0.717, 1.165) is 49.9 Å². The van der Waals surface area contributed by atoms with Crippen molar-refractivity contribution in [3.63, 3.8) is 0 Å². The minimum atomic E-state index is -0.556. The van der Waals surface area contributed by atoms with Gasteiger partial charge in [0, 0.05) is 40.6 Å². The second-order valence-corrected chi connectivity index (χ2v) is 13.2. The van der Waals surface area contributed by atoms with Gasteiger partial charge in [-0.1, -0.05) is 29.3 Å². The molecule has 6 rings (SSSR count). The number of aryl methyl sites for hydroxylation is 3. The second-order valence-electron chi connectivity index (χ2n) is 13.2. The molecule has 0 radical (unpaired) electrons. The van der Waals surface area contributed by atoms with Crippen LogP contribution in [0.4, 0.5) is 0 Å². The number of nitrogens with zero attached hydrogens (tertiary/aromatic N) is 2. The van der Waals surface area contributed by atoms with Gasteiger partial charge in [0.25, 0.3) is 0 Å². The van der Waals surface area contributed by atoms with Crippen molar-refractivity contribution >= 4 is 16.8 Å².